The second-order valence-corrected chi connectivity index (χ2v) is 6.28. The molecule has 0 aliphatic heterocycles. The monoisotopic (exact) mass is 293 g/mol. The van der Waals surface area contributed by atoms with Gasteiger partial charge in [-0.1, -0.05) is 6.07 Å². The lowest BCUT2D eigenvalue weighted by atomic mass is 10.1. The van der Waals surface area contributed by atoms with Gasteiger partial charge in [0.25, 0.3) is 0 Å². The summed E-state index contributed by atoms with van der Waals surface area (Å²) >= 11 is 0. The maximum atomic E-state index is 9.94. The van der Waals surface area contributed by atoms with Gasteiger partial charge in [0.15, 0.2) is 0 Å². The van der Waals surface area contributed by atoms with E-state index in [1.807, 2.05) is 26.0 Å². The van der Waals surface area contributed by atoms with E-state index in [-0.39, 0.29) is 6.10 Å². The maximum absolute atomic E-state index is 9.94. The Hall–Kier alpha value is -1.10. The van der Waals surface area contributed by atoms with Gasteiger partial charge in [-0.15, -0.1) is 0 Å². The number of hydrogen-bond donors (Lipinski definition) is 3. The van der Waals surface area contributed by atoms with Crippen molar-refractivity contribution in [3.63, 3.8) is 0 Å². The molecule has 0 heterocycles. The van der Waals surface area contributed by atoms with Crippen LogP contribution in [0.3, 0.4) is 0 Å². The normalized spacial score (nSPS) is 23.2. The van der Waals surface area contributed by atoms with Crippen molar-refractivity contribution in [2.45, 2.75) is 45.3 Å². The van der Waals surface area contributed by atoms with E-state index in [2.05, 4.69) is 11.4 Å². The summed E-state index contributed by atoms with van der Waals surface area (Å²) in [5, 5.41) is 22.7. The topological polar surface area (TPSA) is 61.7 Å². The lowest BCUT2D eigenvalue weighted by molar-refractivity contribution is 0.105. The molecule has 0 radical (unpaired) electrons. The van der Waals surface area contributed by atoms with Crippen molar-refractivity contribution < 1.29 is 14.9 Å². The summed E-state index contributed by atoms with van der Waals surface area (Å²) in [4.78, 5) is 0. The minimum atomic E-state index is -0.517. The smallest absolute Gasteiger partial charge is 0.119 e. The summed E-state index contributed by atoms with van der Waals surface area (Å²) in [6.07, 6.45) is 2.21. The molecular weight excluding hydrogens is 266 g/mol. The molecule has 3 N–H and O–H groups in total. The van der Waals surface area contributed by atoms with Gasteiger partial charge in [-0.2, -0.15) is 0 Å². The quantitative estimate of drug-likeness (QED) is 0.717. The third-order valence-corrected chi connectivity index (χ3v) is 3.96. The molecular formula is C17H27NO3. The zero-order valence-corrected chi connectivity index (χ0v) is 13.0. The first-order valence-corrected chi connectivity index (χ1v) is 7.81. The third kappa shape index (κ3) is 5.65. The molecule has 118 valence electrons. The Morgan fingerprint density at radius 1 is 1.24 bits per heavy atom. The summed E-state index contributed by atoms with van der Waals surface area (Å²) in [6.45, 7) is 5.75. The van der Waals surface area contributed by atoms with E-state index in [0.29, 0.717) is 19.1 Å². The van der Waals surface area contributed by atoms with Gasteiger partial charge in [0.05, 0.1) is 6.10 Å². The van der Waals surface area contributed by atoms with Crippen molar-refractivity contribution in [2.75, 3.05) is 19.7 Å². The average Bonchev–Trinajstić information content (AvgIpc) is 2.81. The highest BCUT2D eigenvalue weighted by atomic mass is 16.5. The minimum absolute atomic E-state index is 0.130. The van der Waals surface area contributed by atoms with Crippen LogP contribution in [-0.2, 0) is 0 Å². The molecule has 0 aromatic heterocycles. The van der Waals surface area contributed by atoms with Gasteiger partial charge < -0.3 is 20.3 Å². The van der Waals surface area contributed by atoms with E-state index in [1.54, 1.807) is 0 Å². The number of aryl methyl sites for hydroxylation is 2. The largest absolute Gasteiger partial charge is 0.491 e. The molecule has 1 aromatic carbocycles. The molecule has 1 fully saturated rings. The number of rotatable bonds is 7. The Balaban J connectivity index is 1.64. The van der Waals surface area contributed by atoms with Crippen LogP contribution in [0.15, 0.2) is 18.2 Å². The van der Waals surface area contributed by atoms with Gasteiger partial charge in [-0.3, -0.25) is 0 Å². The molecule has 1 aromatic rings. The Bertz CT molecular complexity index is 429. The molecule has 3 unspecified atom stereocenters. The molecule has 2 rings (SSSR count). The van der Waals surface area contributed by atoms with Crippen molar-refractivity contribution in [3.05, 3.63) is 29.3 Å². The zero-order chi connectivity index (χ0) is 15.2. The van der Waals surface area contributed by atoms with E-state index in [0.717, 1.165) is 42.7 Å². The molecule has 4 nitrogen and oxygen atoms in total. The van der Waals surface area contributed by atoms with E-state index in [4.69, 9.17) is 4.74 Å². The molecule has 0 amide bonds. The van der Waals surface area contributed by atoms with E-state index >= 15 is 0 Å². The Labute approximate surface area is 127 Å². The molecule has 3 atom stereocenters. The highest BCUT2D eigenvalue weighted by molar-refractivity contribution is 5.32. The summed E-state index contributed by atoms with van der Waals surface area (Å²) in [6, 6.07) is 6.06. The molecule has 0 bridgehead atoms. The van der Waals surface area contributed by atoms with Crippen LogP contribution in [0.5, 0.6) is 5.75 Å². The number of hydrogen-bond acceptors (Lipinski definition) is 4. The molecule has 0 spiro atoms. The standard InChI is InChI=1S/C17H27NO3/c1-12-5-13(2)7-17(6-12)21-11-16(20)10-18-9-14-3-4-15(19)8-14/h5-7,14-16,18-20H,3-4,8-11H2,1-2H3. The fraction of sp³-hybridized carbons (Fsp3) is 0.647. The lowest BCUT2D eigenvalue weighted by Gasteiger charge is -2.16. The first-order valence-electron chi connectivity index (χ1n) is 7.81. The van der Waals surface area contributed by atoms with Gasteiger partial charge in [-0.05, 0) is 68.8 Å². The maximum Gasteiger partial charge on any atom is 0.119 e. The Kier molecular flexibility index (Phi) is 6.03. The lowest BCUT2D eigenvalue weighted by Crippen LogP contribution is -2.34. The second-order valence-electron chi connectivity index (χ2n) is 6.28. The van der Waals surface area contributed by atoms with E-state index in [1.165, 1.54) is 0 Å². The van der Waals surface area contributed by atoms with Gasteiger partial charge in [0.1, 0.15) is 18.5 Å². The fourth-order valence-electron chi connectivity index (χ4n) is 2.96. The van der Waals surface area contributed by atoms with Gasteiger partial charge in [0, 0.05) is 6.54 Å². The van der Waals surface area contributed by atoms with Gasteiger partial charge in [-0.25, -0.2) is 0 Å². The Morgan fingerprint density at radius 2 is 1.95 bits per heavy atom. The molecule has 21 heavy (non-hydrogen) atoms. The fourth-order valence-corrected chi connectivity index (χ4v) is 2.96. The van der Waals surface area contributed by atoms with Crippen LogP contribution < -0.4 is 10.1 Å². The van der Waals surface area contributed by atoms with Crippen molar-refractivity contribution in [3.8, 4) is 5.75 Å². The van der Waals surface area contributed by atoms with E-state index in [9.17, 15) is 10.2 Å². The predicted molar refractivity (Wildman–Crippen MR) is 83.6 cm³/mol. The Morgan fingerprint density at radius 3 is 2.57 bits per heavy atom. The van der Waals surface area contributed by atoms with Crippen LogP contribution in [0.2, 0.25) is 0 Å². The SMILES string of the molecule is Cc1cc(C)cc(OCC(O)CNCC2CCC(O)C2)c1. The number of ether oxygens (including phenoxy) is 1. The molecule has 4 heteroatoms. The summed E-state index contributed by atoms with van der Waals surface area (Å²) in [5.74, 6) is 1.35. The average molecular weight is 293 g/mol. The van der Waals surface area contributed by atoms with Crippen molar-refractivity contribution in [2.24, 2.45) is 5.92 Å². The molecule has 0 saturated heterocycles. The highest BCUT2D eigenvalue weighted by Gasteiger charge is 2.22. The van der Waals surface area contributed by atoms with Crippen LogP contribution in [0, 0.1) is 19.8 Å². The second kappa shape index (κ2) is 7.78. The molecule has 1 saturated carbocycles. The number of benzene rings is 1. The first-order chi connectivity index (χ1) is 10.0. The zero-order valence-electron chi connectivity index (χ0n) is 13.0. The summed E-state index contributed by atoms with van der Waals surface area (Å²) in [7, 11) is 0. The van der Waals surface area contributed by atoms with Crippen LogP contribution in [0.4, 0.5) is 0 Å². The van der Waals surface area contributed by atoms with Gasteiger partial charge in [0.2, 0.25) is 0 Å². The first kappa shape index (κ1) is 16.3. The van der Waals surface area contributed by atoms with Gasteiger partial charge >= 0.3 is 0 Å². The summed E-state index contributed by atoms with van der Waals surface area (Å²) in [5.41, 5.74) is 2.33. The predicted octanol–water partition coefficient (Wildman–Crippen LogP) is 1.79. The molecule has 1 aliphatic rings. The minimum Gasteiger partial charge on any atom is -0.491 e. The van der Waals surface area contributed by atoms with E-state index < -0.39 is 6.10 Å². The molecule has 1 aliphatic carbocycles. The van der Waals surface area contributed by atoms with Crippen molar-refractivity contribution in [1.29, 1.82) is 0 Å². The highest BCUT2D eigenvalue weighted by Crippen LogP contribution is 2.24. The van der Waals surface area contributed by atoms with Crippen molar-refractivity contribution >= 4 is 0 Å². The number of nitrogens with one attached hydrogen (secondary N) is 1. The van der Waals surface area contributed by atoms with Crippen LogP contribution >= 0.6 is 0 Å². The number of aliphatic hydroxyl groups excluding tert-OH is 2. The van der Waals surface area contributed by atoms with Crippen LogP contribution in [-0.4, -0.2) is 42.1 Å². The van der Waals surface area contributed by atoms with Crippen molar-refractivity contribution in [1.82, 2.24) is 5.32 Å². The van der Waals surface area contributed by atoms with Crippen LogP contribution in [0.25, 0.3) is 0 Å². The summed E-state index contributed by atoms with van der Waals surface area (Å²) < 4.78 is 5.64. The van der Waals surface area contributed by atoms with Crippen LogP contribution in [0.1, 0.15) is 30.4 Å². The number of aliphatic hydroxyl groups is 2. The third-order valence-electron chi connectivity index (χ3n) is 3.96.